The van der Waals surface area contributed by atoms with Crippen LogP contribution in [0.3, 0.4) is 0 Å². The van der Waals surface area contributed by atoms with E-state index in [1.807, 2.05) is 0 Å². The zero-order valence-electron chi connectivity index (χ0n) is 10.4. The Bertz CT molecular complexity index is 428. The number of nitrogens with one attached hydrogen (secondary N) is 2. The van der Waals surface area contributed by atoms with Crippen molar-refractivity contribution in [2.24, 2.45) is 5.92 Å². The first-order chi connectivity index (χ1) is 8.70. The molecule has 1 aromatic carbocycles. The number of hydrogen-bond donors (Lipinski definition) is 3. The van der Waals surface area contributed by atoms with Crippen LogP contribution in [0, 0.1) is 5.92 Å². The lowest BCUT2D eigenvalue weighted by atomic mass is 10.1. The molecule has 1 saturated heterocycles. The molecule has 1 aliphatic heterocycles. The molecule has 18 heavy (non-hydrogen) atoms. The summed E-state index contributed by atoms with van der Waals surface area (Å²) in [5.74, 6) is 0.735. The first-order valence-electron chi connectivity index (χ1n) is 6.06. The van der Waals surface area contributed by atoms with E-state index in [9.17, 15) is 9.90 Å². The molecule has 98 valence electrons. The van der Waals surface area contributed by atoms with E-state index >= 15 is 0 Å². The average Bonchev–Trinajstić information content (AvgIpc) is 2.89. The fourth-order valence-electron chi connectivity index (χ4n) is 2.04. The largest absolute Gasteiger partial charge is 0.507 e. The van der Waals surface area contributed by atoms with Crippen molar-refractivity contribution in [2.75, 3.05) is 26.7 Å². The van der Waals surface area contributed by atoms with Crippen LogP contribution in [-0.2, 0) is 0 Å². The number of amides is 1. The maximum Gasteiger partial charge on any atom is 0.255 e. The Morgan fingerprint density at radius 2 is 2.44 bits per heavy atom. The molecule has 0 aromatic heterocycles. The fraction of sp³-hybridized carbons (Fsp3) is 0.462. The van der Waals surface area contributed by atoms with Crippen molar-refractivity contribution >= 4 is 5.91 Å². The van der Waals surface area contributed by atoms with Gasteiger partial charge < -0.3 is 20.5 Å². The summed E-state index contributed by atoms with van der Waals surface area (Å²) in [6, 6.07) is 4.62. The molecule has 3 N–H and O–H groups in total. The summed E-state index contributed by atoms with van der Waals surface area (Å²) in [6.07, 6.45) is 1.07. The van der Waals surface area contributed by atoms with Gasteiger partial charge in [-0.1, -0.05) is 0 Å². The number of carbonyl (C=O) groups is 1. The predicted octanol–water partition coefficient (Wildman–Crippen LogP) is 0.740. The van der Waals surface area contributed by atoms with Crippen LogP contribution in [0.25, 0.3) is 0 Å². The third-order valence-electron chi connectivity index (χ3n) is 3.16. The van der Waals surface area contributed by atoms with Gasteiger partial charge in [-0.15, -0.1) is 0 Å². The zero-order valence-corrected chi connectivity index (χ0v) is 10.4. The van der Waals surface area contributed by atoms with Crippen molar-refractivity contribution in [1.82, 2.24) is 10.6 Å². The molecule has 1 amide bonds. The minimum atomic E-state index is -0.265. The second kappa shape index (κ2) is 5.73. The Morgan fingerprint density at radius 3 is 3.11 bits per heavy atom. The molecule has 2 rings (SSSR count). The molecule has 1 aliphatic rings. The maximum absolute atomic E-state index is 11.9. The minimum absolute atomic E-state index is 0.0298. The van der Waals surface area contributed by atoms with Gasteiger partial charge in [0.05, 0.1) is 12.7 Å². The van der Waals surface area contributed by atoms with E-state index in [0.29, 0.717) is 18.2 Å². The van der Waals surface area contributed by atoms with Crippen LogP contribution in [0.2, 0.25) is 0 Å². The highest BCUT2D eigenvalue weighted by molar-refractivity contribution is 5.97. The predicted molar refractivity (Wildman–Crippen MR) is 68.0 cm³/mol. The summed E-state index contributed by atoms with van der Waals surface area (Å²) in [4.78, 5) is 11.9. The molecule has 0 radical (unpaired) electrons. The lowest BCUT2D eigenvalue weighted by Gasteiger charge is -2.11. The van der Waals surface area contributed by atoms with Crippen molar-refractivity contribution in [1.29, 1.82) is 0 Å². The smallest absolute Gasteiger partial charge is 0.255 e. The lowest BCUT2D eigenvalue weighted by Crippen LogP contribution is -2.30. The van der Waals surface area contributed by atoms with E-state index in [1.165, 1.54) is 19.2 Å². The van der Waals surface area contributed by atoms with Crippen molar-refractivity contribution in [2.45, 2.75) is 6.42 Å². The summed E-state index contributed by atoms with van der Waals surface area (Å²) in [5.41, 5.74) is 0.250. The number of carbonyl (C=O) groups excluding carboxylic acids is 1. The molecule has 1 atom stereocenters. The topological polar surface area (TPSA) is 70.6 Å². The average molecular weight is 250 g/mol. The summed E-state index contributed by atoms with van der Waals surface area (Å²) in [6.45, 7) is 2.57. The third kappa shape index (κ3) is 2.92. The van der Waals surface area contributed by atoms with Gasteiger partial charge in [0.25, 0.3) is 5.91 Å². The summed E-state index contributed by atoms with van der Waals surface area (Å²) in [5, 5.41) is 15.7. The minimum Gasteiger partial charge on any atom is -0.507 e. The molecular formula is C13H18N2O3. The van der Waals surface area contributed by atoms with Gasteiger partial charge in [-0.3, -0.25) is 4.79 Å². The molecule has 0 saturated carbocycles. The maximum atomic E-state index is 11.9. The van der Waals surface area contributed by atoms with Gasteiger partial charge in [-0.05, 0) is 43.6 Å². The van der Waals surface area contributed by atoms with E-state index in [-0.39, 0.29) is 17.2 Å². The molecular weight excluding hydrogens is 232 g/mol. The number of rotatable bonds is 4. The monoisotopic (exact) mass is 250 g/mol. The quantitative estimate of drug-likeness (QED) is 0.737. The number of methoxy groups -OCH3 is 1. The van der Waals surface area contributed by atoms with Crippen molar-refractivity contribution in [3.8, 4) is 11.5 Å². The molecule has 5 heteroatoms. The van der Waals surface area contributed by atoms with Gasteiger partial charge in [0.15, 0.2) is 0 Å². The molecule has 1 aromatic rings. The molecule has 0 aliphatic carbocycles. The summed E-state index contributed by atoms with van der Waals surface area (Å²) >= 11 is 0. The van der Waals surface area contributed by atoms with Gasteiger partial charge in [-0.25, -0.2) is 0 Å². The normalized spacial score (nSPS) is 18.6. The van der Waals surface area contributed by atoms with Crippen molar-refractivity contribution in [3.63, 3.8) is 0 Å². The zero-order chi connectivity index (χ0) is 13.0. The van der Waals surface area contributed by atoms with Crippen LogP contribution in [0.1, 0.15) is 16.8 Å². The molecule has 1 unspecified atom stereocenters. The van der Waals surface area contributed by atoms with Gasteiger partial charge in [0, 0.05) is 6.54 Å². The van der Waals surface area contributed by atoms with Gasteiger partial charge in [-0.2, -0.15) is 0 Å². The van der Waals surface area contributed by atoms with Crippen LogP contribution >= 0.6 is 0 Å². The number of ether oxygens (including phenoxy) is 1. The van der Waals surface area contributed by atoms with Gasteiger partial charge in [0.2, 0.25) is 0 Å². The van der Waals surface area contributed by atoms with Crippen LogP contribution in [0.4, 0.5) is 0 Å². The molecule has 1 fully saturated rings. The SMILES string of the molecule is COc1ccc(O)c(C(=O)NCC2CCNC2)c1. The van der Waals surface area contributed by atoms with E-state index in [0.717, 1.165) is 19.5 Å². The molecule has 0 bridgehead atoms. The summed E-state index contributed by atoms with van der Waals surface area (Å²) in [7, 11) is 1.53. The second-order valence-electron chi connectivity index (χ2n) is 4.45. The number of aromatic hydroxyl groups is 1. The molecule has 1 heterocycles. The highest BCUT2D eigenvalue weighted by atomic mass is 16.5. The standard InChI is InChI=1S/C13H18N2O3/c1-18-10-2-3-12(16)11(6-10)13(17)15-8-9-4-5-14-7-9/h2-3,6,9,14,16H,4-5,7-8H2,1H3,(H,15,17). The van der Waals surface area contributed by atoms with E-state index in [1.54, 1.807) is 6.07 Å². The number of phenolic OH excluding ortho intramolecular Hbond substituents is 1. The Labute approximate surface area is 106 Å². The number of hydrogen-bond acceptors (Lipinski definition) is 4. The molecule has 5 nitrogen and oxygen atoms in total. The summed E-state index contributed by atoms with van der Waals surface area (Å²) < 4.78 is 5.04. The Balaban J connectivity index is 1.98. The van der Waals surface area contributed by atoms with Crippen LogP contribution < -0.4 is 15.4 Å². The first-order valence-corrected chi connectivity index (χ1v) is 6.06. The molecule has 0 spiro atoms. The second-order valence-corrected chi connectivity index (χ2v) is 4.45. The number of benzene rings is 1. The van der Waals surface area contributed by atoms with E-state index in [4.69, 9.17) is 4.74 Å². The van der Waals surface area contributed by atoms with Crippen LogP contribution in [0.5, 0.6) is 11.5 Å². The Kier molecular flexibility index (Phi) is 4.04. The van der Waals surface area contributed by atoms with Gasteiger partial charge >= 0.3 is 0 Å². The van der Waals surface area contributed by atoms with Crippen molar-refractivity contribution < 1.29 is 14.6 Å². The highest BCUT2D eigenvalue weighted by Crippen LogP contribution is 2.22. The number of phenols is 1. The Morgan fingerprint density at radius 1 is 1.61 bits per heavy atom. The highest BCUT2D eigenvalue weighted by Gasteiger charge is 2.17. The fourth-order valence-corrected chi connectivity index (χ4v) is 2.04. The van der Waals surface area contributed by atoms with Gasteiger partial charge in [0.1, 0.15) is 11.5 Å². The van der Waals surface area contributed by atoms with E-state index in [2.05, 4.69) is 10.6 Å². The van der Waals surface area contributed by atoms with Crippen LogP contribution in [0.15, 0.2) is 18.2 Å². The first kappa shape index (κ1) is 12.7. The van der Waals surface area contributed by atoms with Crippen LogP contribution in [-0.4, -0.2) is 37.8 Å². The van der Waals surface area contributed by atoms with E-state index < -0.39 is 0 Å². The van der Waals surface area contributed by atoms with Crippen molar-refractivity contribution in [3.05, 3.63) is 23.8 Å². The lowest BCUT2D eigenvalue weighted by molar-refractivity contribution is 0.0945. The third-order valence-corrected chi connectivity index (χ3v) is 3.16. The Hall–Kier alpha value is -1.75.